The fourth-order valence-electron chi connectivity index (χ4n) is 4.04. The second kappa shape index (κ2) is 8.33. The number of anilines is 1. The van der Waals surface area contributed by atoms with E-state index in [4.69, 9.17) is 9.84 Å². The van der Waals surface area contributed by atoms with Crippen molar-refractivity contribution in [2.24, 2.45) is 0 Å². The molecule has 2 saturated heterocycles. The van der Waals surface area contributed by atoms with Crippen LogP contribution in [0.3, 0.4) is 0 Å². The summed E-state index contributed by atoms with van der Waals surface area (Å²) < 4.78 is 8.15. The first-order valence-corrected chi connectivity index (χ1v) is 9.84. The van der Waals surface area contributed by atoms with Crippen molar-refractivity contribution in [3.05, 3.63) is 24.8 Å². The minimum atomic E-state index is 0.142. The second-order valence-electron chi connectivity index (χ2n) is 7.35. The number of hydrogen-bond donors (Lipinski definition) is 2. The predicted octanol–water partition coefficient (Wildman–Crippen LogP) is 1.56. The lowest BCUT2D eigenvalue weighted by Crippen LogP contribution is -2.46. The molecule has 4 heterocycles. The normalized spacial score (nSPS) is 25.5. The van der Waals surface area contributed by atoms with Gasteiger partial charge in [-0.15, -0.1) is 0 Å². The van der Waals surface area contributed by atoms with Gasteiger partial charge in [0, 0.05) is 63.1 Å². The van der Waals surface area contributed by atoms with Crippen LogP contribution in [0.4, 0.5) is 5.95 Å². The standard InChI is InChI=1S/C19H28N6O2/c1-2-4-21-19-22-9-14(10-23-19)18-20-5-6-25(18)15-8-16-13-27-17(3-7-26)12-24(16)11-15/h5-6,9-10,15-17,26H,2-4,7-8,11-13H2,1H3,(H,21,22,23)/t15-,16+,17+/m1/s1. The molecule has 0 spiro atoms. The SMILES string of the molecule is CCCNc1ncc(-c2nccn2[C@@H]2C[C@H]3CO[C@@H](CCO)CN3C2)cn1. The van der Waals surface area contributed by atoms with Gasteiger partial charge in [0.2, 0.25) is 5.95 Å². The zero-order valence-corrected chi connectivity index (χ0v) is 15.8. The van der Waals surface area contributed by atoms with Crippen molar-refractivity contribution in [3.8, 4) is 11.4 Å². The average Bonchev–Trinajstić information content (AvgIpc) is 3.33. The van der Waals surface area contributed by atoms with E-state index in [-0.39, 0.29) is 12.7 Å². The Hall–Kier alpha value is -2.03. The van der Waals surface area contributed by atoms with Gasteiger partial charge in [0.25, 0.3) is 0 Å². The number of aliphatic hydroxyl groups excluding tert-OH is 1. The van der Waals surface area contributed by atoms with Gasteiger partial charge in [0.05, 0.1) is 18.3 Å². The Balaban J connectivity index is 1.46. The van der Waals surface area contributed by atoms with Gasteiger partial charge < -0.3 is 19.7 Å². The van der Waals surface area contributed by atoms with Crippen molar-refractivity contribution >= 4 is 5.95 Å². The number of rotatable bonds is 7. The summed E-state index contributed by atoms with van der Waals surface area (Å²) in [5.74, 6) is 1.57. The number of imidazole rings is 1. The van der Waals surface area contributed by atoms with Crippen LogP contribution in [0.25, 0.3) is 11.4 Å². The molecular formula is C19H28N6O2. The smallest absolute Gasteiger partial charge is 0.222 e. The van der Waals surface area contributed by atoms with Crippen LogP contribution >= 0.6 is 0 Å². The van der Waals surface area contributed by atoms with Crippen LogP contribution in [-0.4, -0.2) is 74.5 Å². The Labute approximate surface area is 159 Å². The van der Waals surface area contributed by atoms with Crippen LogP contribution in [0.2, 0.25) is 0 Å². The van der Waals surface area contributed by atoms with Crippen molar-refractivity contribution < 1.29 is 9.84 Å². The van der Waals surface area contributed by atoms with Crippen molar-refractivity contribution in [3.63, 3.8) is 0 Å². The maximum absolute atomic E-state index is 9.16. The molecule has 27 heavy (non-hydrogen) atoms. The fourth-order valence-corrected chi connectivity index (χ4v) is 4.04. The lowest BCUT2D eigenvalue weighted by molar-refractivity contribution is -0.0567. The van der Waals surface area contributed by atoms with Crippen molar-refractivity contribution in [1.29, 1.82) is 0 Å². The van der Waals surface area contributed by atoms with Crippen LogP contribution in [0.15, 0.2) is 24.8 Å². The number of morpholine rings is 1. The van der Waals surface area contributed by atoms with Gasteiger partial charge in [-0.2, -0.15) is 0 Å². The first-order chi connectivity index (χ1) is 13.3. The highest BCUT2D eigenvalue weighted by Gasteiger charge is 2.38. The van der Waals surface area contributed by atoms with Gasteiger partial charge in [0.1, 0.15) is 5.82 Å². The lowest BCUT2D eigenvalue weighted by atomic mass is 10.1. The van der Waals surface area contributed by atoms with Crippen LogP contribution in [0, 0.1) is 0 Å². The van der Waals surface area contributed by atoms with Gasteiger partial charge >= 0.3 is 0 Å². The zero-order chi connectivity index (χ0) is 18.6. The zero-order valence-electron chi connectivity index (χ0n) is 15.8. The van der Waals surface area contributed by atoms with E-state index in [1.807, 2.05) is 24.8 Å². The molecule has 0 bridgehead atoms. The summed E-state index contributed by atoms with van der Waals surface area (Å²) in [5.41, 5.74) is 0.932. The number of fused-ring (bicyclic) bond motifs is 1. The molecule has 3 atom stereocenters. The third-order valence-corrected chi connectivity index (χ3v) is 5.42. The first kappa shape index (κ1) is 18.3. The Morgan fingerprint density at radius 2 is 2.07 bits per heavy atom. The summed E-state index contributed by atoms with van der Waals surface area (Å²) in [6.07, 6.45) is 10.5. The van der Waals surface area contributed by atoms with E-state index in [0.717, 1.165) is 50.5 Å². The van der Waals surface area contributed by atoms with Crippen LogP contribution < -0.4 is 5.32 Å². The van der Waals surface area contributed by atoms with E-state index in [1.54, 1.807) is 0 Å². The van der Waals surface area contributed by atoms with Gasteiger partial charge in [0.15, 0.2) is 0 Å². The van der Waals surface area contributed by atoms with Gasteiger partial charge in [-0.25, -0.2) is 15.0 Å². The molecule has 0 radical (unpaired) electrons. The van der Waals surface area contributed by atoms with Crippen molar-refractivity contribution in [2.45, 2.75) is 44.4 Å². The van der Waals surface area contributed by atoms with E-state index in [9.17, 15) is 0 Å². The maximum atomic E-state index is 9.16. The third-order valence-electron chi connectivity index (χ3n) is 5.42. The minimum absolute atomic E-state index is 0.142. The van der Waals surface area contributed by atoms with E-state index in [0.29, 0.717) is 24.5 Å². The number of nitrogens with one attached hydrogen (secondary N) is 1. The molecule has 0 aromatic carbocycles. The quantitative estimate of drug-likeness (QED) is 0.762. The summed E-state index contributed by atoms with van der Waals surface area (Å²) in [7, 11) is 0. The molecule has 8 heteroatoms. The van der Waals surface area contributed by atoms with Crippen molar-refractivity contribution in [2.75, 3.05) is 38.2 Å². The molecule has 2 fully saturated rings. The molecule has 2 N–H and O–H groups in total. The number of nitrogens with zero attached hydrogens (tertiary/aromatic N) is 5. The Morgan fingerprint density at radius 3 is 2.85 bits per heavy atom. The molecule has 2 aliphatic heterocycles. The molecule has 2 aromatic heterocycles. The summed E-state index contributed by atoms with van der Waals surface area (Å²) >= 11 is 0. The van der Waals surface area contributed by atoms with Crippen LogP contribution in [-0.2, 0) is 4.74 Å². The molecule has 0 aliphatic carbocycles. The number of aliphatic hydroxyl groups is 1. The first-order valence-electron chi connectivity index (χ1n) is 9.84. The topological polar surface area (TPSA) is 88.3 Å². The molecule has 4 rings (SSSR count). The molecule has 0 saturated carbocycles. The summed E-state index contributed by atoms with van der Waals surface area (Å²) in [6, 6.07) is 0.805. The van der Waals surface area contributed by atoms with Crippen LogP contribution in [0.1, 0.15) is 32.2 Å². The second-order valence-corrected chi connectivity index (χ2v) is 7.35. The Bertz CT molecular complexity index is 734. The number of hydrogen-bond acceptors (Lipinski definition) is 7. The largest absolute Gasteiger partial charge is 0.396 e. The van der Waals surface area contributed by atoms with E-state index < -0.39 is 0 Å². The maximum Gasteiger partial charge on any atom is 0.222 e. The number of aromatic nitrogens is 4. The van der Waals surface area contributed by atoms with E-state index >= 15 is 0 Å². The average molecular weight is 372 g/mol. The highest BCUT2D eigenvalue weighted by Crippen LogP contribution is 2.33. The van der Waals surface area contributed by atoms with Gasteiger partial charge in [-0.3, -0.25) is 4.90 Å². The molecule has 0 amide bonds. The third kappa shape index (κ3) is 3.97. The molecule has 8 nitrogen and oxygen atoms in total. The van der Waals surface area contributed by atoms with E-state index in [2.05, 4.69) is 36.7 Å². The number of ether oxygens (including phenoxy) is 1. The lowest BCUT2D eigenvalue weighted by Gasteiger charge is -2.34. The Morgan fingerprint density at radius 1 is 1.22 bits per heavy atom. The molecule has 2 aliphatic rings. The molecule has 146 valence electrons. The highest BCUT2D eigenvalue weighted by atomic mass is 16.5. The monoisotopic (exact) mass is 372 g/mol. The van der Waals surface area contributed by atoms with Gasteiger partial charge in [-0.05, 0) is 19.3 Å². The summed E-state index contributed by atoms with van der Waals surface area (Å²) in [6.45, 7) is 5.79. The van der Waals surface area contributed by atoms with E-state index in [1.165, 1.54) is 0 Å². The summed E-state index contributed by atoms with van der Waals surface area (Å²) in [5, 5.41) is 12.4. The van der Waals surface area contributed by atoms with Crippen LogP contribution in [0.5, 0.6) is 0 Å². The predicted molar refractivity (Wildman–Crippen MR) is 102 cm³/mol. The van der Waals surface area contributed by atoms with Gasteiger partial charge in [-0.1, -0.05) is 6.92 Å². The molecule has 2 aromatic rings. The summed E-state index contributed by atoms with van der Waals surface area (Å²) in [4.78, 5) is 15.9. The van der Waals surface area contributed by atoms with Crippen molar-refractivity contribution in [1.82, 2.24) is 24.4 Å². The highest BCUT2D eigenvalue weighted by molar-refractivity contribution is 5.54. The fraction of sp³-hybridized carbons (Fsp3) is 0.632. The molecule has 0 unspecified atom stereocenters. The molecular weight excluding hydrogens is 344 g/mol. The Kier molecular flexibility index (Phi) is 5.66. The minimum Gasteiger partial charge on any atom is -0.396 e.